The molecular formula is C27H28ClN3O2. The summed E-state index contributed by atoms with van der Waals surface area (Å²) < 4.78 is 5.33. The highest BCUT2D eigenvalue weighted by Crippen LogP contribution is 2.45. The van der Waals surface area contributed by atoms with Gasteiger partial charge in [0.2, 0.25) is 0 Å². The zero-order valence-electron chi connectivity index (χ0n) is 19.1. The van der Waals surface area contributed by atoms with Crippen molar-refractivity contribution < 1.29 is 9.53 Å². The zero-order chi connectivity index (χ0) is 23.1. The van der Waals surface area contributed by atoms with Gasteiger partial charge in [-0.15, -0.1) is 11.6 Å². The zero-order valence-corrected chi connectivity index (χ0v) is 19.9. The molecule has 2 unspecified atom stereocenters. The van der Waals surface area contributed by atoms with Crippen LogP contribution in [0.2, 0.25) is 0 Å². The number of rotatable bonds is 6. The summed E-state index contributed by atoms with van der Waals surface area (Å²) in [6, 6.07) is 18.5. The number of benzene rings is 3. The van der Waals surface area contributed by atoms with Crippen LogP contribution in [0, 0.1) is 0 Å². The van der Waals surface area contributed by atoms with E-state index >= 15 is 0 Å². The highest BCUT2D eigenvalue weighted by molar-refractivity contribution is 6.19. The number of halogens is 1. The van der Waals surface area contributed by atoms with E-state index in [2.05, 4.69) is 54.5 Å². The molecule has 1 amide bonds. The van der Waals surface area contributed by atoms with Crippen LogP contribution in [0.1, 0.15) is 42.2 Å². The van der Waals surface area contributed by atoms with Gasteiger partial charge in [0.25, 0.3) is 5.91 Å². The van der Waals surface area contributed by atoms with Crippen molar-refractivity contribution >= 4 is 50.6 Å². The van der Waals surface area contributed by atoms with Gasteiger partial charge >= 0.3 is 0 Å². The summed E-state index contributed by atoms with van der Waals surface area (Å²) in [5.41, 5.74) is 4.61. The van der Waals surface area contributed by atoms with Crippen LogP contribution in [0.5, 0.6) is 5.75 Å². The molecule has 4 aromatic rings. The Balaban J connectivity index is 1.62. The highest BCUT2D eigenvalue weighted by atomic mass is 35.5. The Hall–Kier alpha value is -3.18. The molecule has 0 aliphatic carbocycles. The average molecular weight is 462 g/mol. The minimum atomic E-state index is -0.0520. The molecule has 1 aliphatic rings. The van der Waals surface area contributed by atoms with Crippen molar-refractivity contribution in [3.8, 4) is 5.75 Å². The molecule has 2 atom stereocenters. The first-order valence-electron chi connectivity index (χ1n) is 11.4. The van der Waals surface area contributed by atoms with Crippen LogP contribution in [0.4, 0.5) is 11.4 Å². The van der Waals surface area contributed by atoms with E-state index in [0.29, 0.717) is 24.2 Å². The summed E-state index contributed by atoms with van der Waals surface area (Å²) in [5.74, 6) is 1.26. The molecule has 0 radical (unpaired) electrons. The summed E-state index contributed by atoms with van der Waals surface area (Å²) in [7, 11) is 1.64. The molecule has 1 aromatic heterocycles. The van der Waals surface area contributed by atoms with E-state index in [4.69, 9.17) is 16.3 Å². The first kappa shape index (κ1) is 21.7. The normalized spacial score (nSPS) is 16.2. The third-order valence-electron chi connectivity index (χ3n) is 6.67. The average Bonchev–Trinajstić information content (AvgIpc) is 3.44. The van der Waals surface area contributed by atoms with Crippen LogP contribution in [0.3, 0.4) is 0 Å². The number of carbonyl (C=O) groups is 1. The molecule has 1 aliphatic heterocycles. The van der Waals surface area contributed by atoms with Crippen molar-refractivity contribution in [1.82, 2.24) is 4.98 Å². The molecule has 0 saturated carbocycles. The van der Waals surface area contributed by atoms with Crippen LogP contribution >= 0.6 is 11.6 Å². The molecule has 0 spiro atoms. The first-order chi connectivity index (χ1) is 16.0. The third kappa shape index (κ3) is 3.70. The number of H-pyrrole nitrogens is 1. The second-order valence-corrected chi connectivity index (χ2v) is 9.07. The number of alkyl halides is 1. The molecule has 2 heterocycles. The number of aromatic amines is 1. The Kier molecular flexibility index (Phi) is 5.67. The molecule has 3 aromatic carbocycles. The molecule has 0 fully saturated rings. The number of methoxy groups -OCH3 is 1. The quantitative estimate of drug-likeness (QED) is 0.321. The highest BCUT2D eigenvalue weighted by Gasteiger charge is 2.35. The van der Waals surface area contributed by atoms with Gasteiger partial charge in [-0.3, -0.25) is 4.79 Å². The number of hydrogen-bond donors (Lipinski definition) is 2. The number of nitrogens with zero attached hydrogens (tertiary/aromatic N) is 1. The van der Waals surface area contributed by atoms with E-state index in [0.717, 1.165) is 45.4 Å². The van der Waals surface area contributed by atoms with Crippen molar-refractivity contribution in [2.75, 3.05) is 29.8 Å². The molecule has 6 heteroatoms. The topological polar surface area (TPSA) is 57.4 Å². The number of aromatic nitrogens is 1. The van der Waals surface area contributed by atoms with E-state index in [-0.39, 0.29) is 11.8 Å². The van der Waals surface area contributed by atoms with E-state index in [1.165, 1.54) is 5.39 Å². The molecular weight excluding hydrogens is 434 g/mol. The summed E-state index contributed by atoms with van der Waals surface area (Å²) in [6.45, 7) is 4.90. The number of ether oxygens (including phenoxy) is 1. The summed E-state index contributed by atoms with van der Waals surface area (Å²) in [5, 5.41) is 6.91. The predicted molar refractivity (Wildman–Crippen MR) is 137 cm³/mol. The minimum Gasteiger partial charge on any atom is -0.497 e. The van der Waals surface area contributed by atoms with Gasteiger partial charge in [0, 0.05) is 46.4 Å². The Bertz CT molecular complexity index is 1350. The molecule has 5 rings (SSSR count). The van der Waals surface area contributed by atoms with Crippen LogP contribution in [0.25, 0.3) is 21.7 Å². The maximum Gasteiger partial charge on any atom is 0.274 e. The number of anilines is 2. The Labute approximate surface area is 198 Å². The second-order valence-electron chi connectivity index (χ2n) is 8.76. The van der Waals surface area contributed by atoms with Crippen molar-refractivity contribution in [1.29, 1.82) is 0 Å². The molecule has 0 saturated heterocycles. The second kappa shape index (κ2) is 8.64. The van der Waals surface area contributed by atoms with Gasteiger partial charge in [0.05, 0.1) is 12.8 Å². The lowest BCUT2D eigenvalue weighted by Crippen LogP contribution is -2.30. The lowest BCUT2D eigenvalue weighted by Gasteiger charge is -2.21. The van der Waals surface area contributed by atoms with Crippen LogP contribution in [-0.2, 0) is 0 Å². The Morgan fingerprint density at radius 2 is 2.00 bits per heavy atom. The van der Waals surface area contributed by atoms with Gasteiger partial charge in [-0.25, -0.2) is 0 Å². The monoisotopic (exact) mass is 461 g/mol. The standard InChI is InChI=1S/C27H28ClN3O2/c1-4-16(2)29-23-13-25-26(21-8-6-5-7-20(21)23)18(14-28)15-31(25)27(32)24-12-17-11-19(33-3)9-10-22(17)30-24/h5-13,16,18,29-30H,4,14-15H2,1-3H3. The van der Waals surface area contributed by atoms with Gasteiger partial charge in [-0.05, 0) is 54.6 Å². The number of amides is 1. The minimum absolute atomic E-state index is 0.0520. The van der Waals surface area contributed by atoms with Gasteiger partial charge in [-0.2, -0.15) is 0 Å². The summed E-state index contributed by atoms with van der Waals surface area (Å²) in [4.78, 5) is 18.9. The van der Waals surface area contributed by atoms with Gasteiger partial charge < -0.3 is 19.9 Å². The van der Waals surface area contributed by atoms with Gasteiger partial charge in [-0.1, -0.05) is 31.2 Å². The third-order valence-corrected chi connectivity index (χ3v) is 7.04. The molecule has 33 heavy (non-hydrogen) atoms. The van der Waals surface area contributed by atoms with E-state index in [1.807, 2.05) is 29.2 Å². The van der Waals surface area contributed by atoms with Crippen LogP contribution in [-0.4, -0.2) is 36.5 Å². The predicted octanol–water partition coefficient (Wildman–Crippen LogP) is 6.52. The lowest BCUT2D eigenvalue weighted by molar-refractivity contribution is 0.0984. The summed E-state index contributed by atoms with van der Waals surface area (Å²) >= 11 is 6.42. The maximum atomic E-state index is 13.7. The fourth-order valence-electron chi connectivity index (χ4n) is 4.75. The number of hydrogen-bond acceptors (Lipinski definition) is 3. The van der Waals surface area contributed by atoms with E-state index in [1.54, 1.807) is 7.11 Å². The molecule has 5 nitrogen and oxygen atoms in total. The number of nitrogens with one attached hydrogen (secondary N) is 2. The van der Waals surface area contributed by atoms with E-state index in [9.17, 15) is 4.79 Å². The molecule has 2 N–H and O–H groups in total. The number of carbonyl (C=O) groups excluding carboxylic acids is 1. The smallest absolute Gasteiger partial charge is 0.274 e. The maximum absolute atomic E-state index is 13.7. The van der Waals surface area contributed by atoms with Gasteiger partial charge in [0.15, 0.2) is 0 Å². The van der Waals surface area contributed by atoms with Crippen molar-refractivity contribution in [3.63, 3.8) is 0 Å². The fourth-order valence-corrected chi connectivity index (χ4v) is 5.00. The number of fused-ring (bicyclic) bond motifs is 4. The molecule has 170 valence electrons. The van der Waals surface area contributed by atoms with Crippen molar-refractivity contribution in [3.05, 3.63) is 65.9 Å². The Morgan fingerprint density at radius 1 is 1.21 bits per heavy atom. The first-order valence-corrected chi connectivity index (χ1v) is 11.9. The largest absolute Gasteiger partial charge is 0.497 e. The fraction of sp³-hybridized carbons (Fsp3) is 0.296. The lowest BCUT2D eigenvalue weighted by atomic mass is 9.94. The van der Waals surface area contributed by atoms with Crippen molar-refractivity contribution in [2.45, 2.75) is 32.2 Å². The van der Waals surface area contributed by atoms with E-state index < -0.39 is 0 Å². The SMILES string of the molecule is CCC(C)Nc1cc2c(c3ccccc13)C(CCl)CN2C(=O)c1cc2cc(OC)ccc2[nH]1. The summed E-state index contributed by atoms with van der Waals surface area (Å²) in [6.07, 6.45) is 1.01. The molecule has 0 bridgehead atoms. The van der Waals surface area contributed by atoms with Crippen LogP contribution < -0.4 is 15.0 Å². The Morgan fingerprint density at radius 3 is 2.73 bits per heavy atom. The van der Waals surface area contributed by atoms with Gasteiger partial charge in [0.1, 0.15) is 11.4 Å². The van der Waals surface area contributed by atoms with Crippen LogP contribution in [0.15, 0.2) is 54.6 Å². The van der Waals surface area contributed by atoms with Crippen molar-refractivity contribution in [2.24, 2.45) is 0 Å².